The van der Waals surface area contributed by atoms with Gasteiger partial charge in [-0.05, 0) is 69.2 Å². The Morgan fingerprint density at radius 1 is 0.564 bits per heavy atom. The summed E-state index contributed by atoms with van der Waals surface area (Å²) in [6.07, 6.45) is 4.19. The highest BCUT2D eigenvalue weighted by Crippen LogP contribution is 2.20. The van der Waals surface area contributed by atoms with Crippen LogP contribution in [0.2, 0.25) is 0 Å². The summed E-state index contributed by atoms with van der Waals surface area (Å²) in [6, 6.07) is 0.374. The van der Waals surface area contributed by atoms with Crippen LogP contribution in [0.15, 0.2) is 28.6 Å². The summed E-state index contributed by atoms with van der Waals surface area (Å²) in [5.74, 6) is 0.808. The maximum absolute atomic E-state index is 11.4. The molecule has 0 spiro atoms. The van der Waals surface area contributed by atoms with Gasteiger partial charge in [-0.25, -0.2) is 43.6 Å². The van der Waals surface area contributed by atoms with E-state index in [1.165, 1.54) is 19.0 Å². The van der Waals surface area contributed by atoms with Crippen molar-refractivity contribution in [2.45, 2.75) is 92.4 Å². The van der Waals surface area contributed by atoms with E-state index in [0.29, 0.717) is 45.3 Å². The van der Waals surface area contributed by atoms with E-state index in [9.17, 15) is 9.59 Å². The monoisotopic (exact) mass is 757 g/mol. The molecule has 25 nitrogen and oxygen atoms in total. The van der Waals surface area contributed by atoms with Crippen LogP contribution in [0.3, 0.4) is 0 Å². The van der Waals surface area contributed by atoms with Crippen LogP contribution >= 0.6 is 0 Å². The van der Waals surface area contributed by atoms with E-state index in [1.54, 1.807) is 18.7 Å². The largest absolute Gasteiger partial charge is 0.382 e. The molecule has 8 rings (SSSR count). The maximum Gasteiger partial charge on any atom is 0.282 e. The van der Waals surface area contributed by atoms with E-state index in [0.717, 1.165) is 0 Å². The zero-order chi connectivity index (χ0) is 40.4. The first-order chi connectivity index (χ1) is 25.8. The van der Waals surface area contributed by atoms with E-state index in [4.69, 9.17) is 17.2 Å². The smallest absolute Gasteiger partial charge is 0.282 e. The number of hydrogen-bond donors (Lipinski definition) is 5. The second-order valence-corrected chi connectivity index (χ2v) is 14.5. The van der Waals surface area contributed by atoms with Gasteiger partial charge in [-0.1, -0.05) is 20.9 Å². The van der Waals surface area contributed by atoms with Crippen LogP contribution in [0, 0.1) is 0 Å². The zero-order valence-corrected chi connectivity index (χ0v) is 32.0. The first-order valence-corrected chi connectivity index (χ1v) is 16.8. The van der Waals surface area contributed by atoms with Crippen molar-refractivity contribution in [3.8, 4) is 0 Å². The van der Waals surface area contributed by atoms with Gasteiger partial charge in [0.05, 0.1) is 29.5 Å². The predicted octanol–water partition coefficient (Wildman–Crippen LogP) is 0.890. The molecular weight excluding hydrogens is 714 g/mol. The number of nitrogens with two attached hydrogens (primary N) is 3. The lowest BCUT2D eigenvalue weighted by atomic mass is 10.1. The SMILES string of the molecule is CC(C)(C)n1nnc2c(=O)[nH]c(N)nc21.CC(C)(C)n1nnc2c(N)ncnc21.CC(C)n1nnc2c(=O)[nH]cnc21.CC(C)n1nnc2c(N)ncnc21. The number of H-pyrrole nitrogens is 2. The summed E-state index contributed by atoms with van der Waals surface area (Å²) in [7, 11) is 0. The Bertz CT molecular complexity index is 2680. The number of nitrogen functional groups attached to an aromatic ring is 3. The maximum atomic E-state index is 11.4. The minimum Gasteiger partial charge on any atom is -0.382 e. The van der Waals surface area contributed by atoms with Crippen molar-refractivity contribution in [2.24, 2.45) is 0 Å². The Labute approximate surface area is 311 Å². The van der Waals surface area contributed by atoms with Gasteiger partial charge in [-0.2, -0.15) is 4.98 Å². The Morgan fingerprint density at radius 2 is 1.00 bits per heavy atom. The van der Waals surface area contributed by atoms with Crippen molar-refractivity contribution in [1.29, 1.82) is 0 Å². The van der Waals surface area contributed by atoms with Crippen LogP contribution in [0.1, 0.15) is 81.3 Å². The molecule has 8 heterocycles. The average Bonchev–Trinajstić information content (AvgIpc) is 3.90. The third kappa shape index (κ3) is 8.28. The van der Waals surface area contributed by atoms with Crippen LogP contribution in [0.4, 0.5) is 17.6 Å². The number of aromatic nitrogens is 20. The summed E-state index contributed by atoms with van der Waals surface area (Å²) < 4.78 is 6.65. The molecule has 0 unspecified atom stereocenters. The van der Waals surface area contributed by atoms with E-state index < -0.39 is 0 Å². The topological polar surface area (TPSA) is 344 Å². The standard InChI is InChI=1S/C8H12N6O.C8H12N6.C7H10N6.C7H9N5O/c1-8(2,3)14-5-4(12-13-14)6(15)11-7(9)10-5;1-8(2,3)14-7-5(12-13-14)6(9)10-4-11-7;1-4(2)13-7-5(11-12-13)6(8)9-3-10-7;1-4(2)12-6-5(10-11-12)7(13)9-3-8-6/h1-3H3,(H3,9,10,11,15);4H,1-3H3,(H2,9,10,11);3-4H,1-2H3,(H2,8,9,10);3-4H,1-2H3,(H,8,9,13). The number of nitrogens with zero attached hydrogens (tertiary/aromatic N) is 18. The molecule has 290 valence electrons. The Kier molecular flexibility index (Phi) is 10.8. The number of anilines is 3. The summed E-state index contributed by atoms with van der Waals surface area (Å²) >= 11 is 0. The molecule has 55 heavy (non-hydrogen) atoms. The Balaban J connectivity index is 0.000000141. The molecule has 25 heteroatoms. The van der Waals surface area contributed by atoms with Gasteiger partial charge < -0.3 is 22.2 Å². The molecule has 0 saturated carbocycles. The first-order valence-electron chi connectivity index (χ1n) is 16.8. The molecule has 8 N–H and O–H groups in total. The van der Waals surface area contributed by atoms with Gasteiger partial charge in [0.2, 0.25) is 5.95 Å². The third-order valence-electron chi connectivity index (χ3n) is 7.40. The van der Waals surface area contributed by atoms with Gasteiger partial charge in [0.25, 0.3) is 11.1 Å². The van der Waals surface area contributed by atoms with Crippen LogP contribution in [-0.2, 0) is 11.1 Å². The van der Waals surface area contributed by atoms with Crippen LogP contribution in [0.25, 0.3) is 44.7 Å². The fourth-order valence-corrected chi connectivity index (χ4v) is 4.76. The second kappa shape index (κ2) is 15.1. The molecule has 0 fully saturated rings. The molecule has 0 radical (unpaired) electrons. The molecule has 0 saturated heterocycles. The van der Waals surface area contributed by atoms with Gasteiger partial charge in [0, 0.05) is 0 Å². The van der Waals surface area contributed by atoms with Gasteiger partial charge in [0.15, 0.2) is 56.3 Å². The van der Waals surface area contributed by atoms with E-state index in [2.05, 4.69) is 81.1 Å². The molecule has 0 aliphatic heterocycles. The van der Waals surface area contributed by atoms with Gasteiger partial charge >= 0.3 is 0 Å². The highest BCUT2D eigenvalue weighted by Gasteiger charge is 2.21. The average molecular weight is 758 g/mol. The van der Waals surface area contributed by atoms with Crippen molar-refractivity contribution in [3.05, 3.63) is 39.7 Å². The number of rotatable bonds is 2. The van der Waals surface area contributed by atoms with E-state index in [1.807, 2.05) is 69.2 Å². The number of fused-ring (bicyclic) bond motifs is 4. The highest BCUT2D eigenvalue weighted by atomic mass is 16.1. The molecular formula is C30H43N23O2. The molecule has 0 amide bonds. The molecule has 0 aliphatic rings. The predicted molar refractivity (Wildman–Crippen MR) is 202 cm³/mol. The summed E-state index contributed by atoms with van der Waals surface area (Å²) in [5.41, 5.74) is 19.5. The molecule has 0 bridgehead atoms. The summed E-state index contributed by atoms with van der Waals surface area (Å²) in [5, 5.41) is 31.1. The second-order valence-electron chi connectivity index (χ2n) is 14.5. The minimum atomic E-state index is -0.368. The van der Waals surface area contributed by atoms with Crippen molar-refractivity contribution in [3.63, 3.8) is 0 Å². The minimum absolute atomic E-state index is 0.0697. The number of nitrogens with one attached hydrogen (secondary N) is 2. The lowest BCUT2D eigenvalue weighted by Crippen LogP contribution is -2.24. The lowest BCUT2D eigenvalue weighted by Gasteiger charge is -2.18. The first kappa shape index (κ1) is 39.1. The van der Waals surface area contributed by atoms with E-state index >= 15 is 0 Å². The summed E-state index contributed by atoms with van der Waals surface area (Å²) in [4.78, 5) is 51.4. The van der Waals surface area contributed by atoms with Crippen LogP contribution in [-0.4, -0.2) is 99.8 Å². The van der Waals surface area contributed by atoms with E-state index in [-0.39, 0.29) is 51.3 Å². The Morgan fingerprint density at radius 3 is 1.55 bits per heavy atom. The molecule has 8 aromatic heterocycles. The number of hydrogen-bond acceptors (Lipinski definition) is 19. The van der Waals surface area contributed by atoms with Crippen molar-refractivity contribution >= 4 is 62.2 Å². The Hall–Kier alpha value is -7.08. The highest BCUT2D eigenvalue weighted by molar-refractivity contribution is 5.81. The zero-order valence-electron chi connectivity index (χ0n) is 32.0. The molecule has 0 aliphatic carbocycles. The van der Waals surface area contributed by atoms with Crippen molar-refractivity contribution < 1.29 is 0 Å². The summed E-state index contributed by atoms with van der Waals surface area (Å²) in [6.45, 7) is 19.8. The van der Waals surface area contributed by atoms with Gasteiger partial charge in [-0.3, -0.25) is 14.6 Å². The fraction of sp³-hybridized carbons (Fsp3) is 0.467. The van der Waals surface area contributed by atoms with Crippen molar-refractivity contribution in [2.75, 3.05) is 17.2 Å². The third-order valence-corrected chi connectivity index (χ3v) is 7.40. The molecule has 0 atom stereocenters. The quantitative estimate of drug-likeness (QED) is 0.163. The van der Waals surface area contributed by atoms with Gasteiger partial charge in [0.1, 0.15) is 12.7 Å². The van der Waals surface area contributed by atoms with Crippen LogP contribution in [0.5, 0.6) is 0 Å². The normalized spacial score (nSPS) is 11.8. The molecule has 8 aromatic rings. The van der Waals surface area contributed by atoms with Crippen LogP contribution < -0.4 is 28.3 Å². The fourth-order valence-electron chi connectivity index (χ4n) is 4.76. The number of aromatic amines is 2. The lowest BCUT2D eigenvalue weighted by molar-refractivity contribution is 0.356. The molecule has 0 aromatic carbocycles. The van der Waals surface area contributed by atoms with Gasteiger partial charge in [-0.15, -0.1) is 20.4 Å². The van der Waals surface area contributed by atoms with Crippen molar-refractivity contribution in [1.82, 2.24) is 99.8 Å².